The van der Waals surface area contributed by atoms with Crippen LogP contribution in [-0.4, -0.2) is 60.6 Å². The number of ether oxygens (including phenoxy) is 1. The summed E-state index contributed by atoms with van der Waals surface area (Å²) >= 11 is 0. The van der Waals surface area contributed by atoms with Crippen LogP contribution in [0.1, 0.15) is 64.7 Å². The lowest BCUT2D eigenvalue weighted by atomic mass is 9.90. The molecule has 0 saturated carbocycles. The van der Waals surface area contributed by atoms with Crippen molar-refractivity contribution >= 4 is 17.0 Å². The zero-order valence-corrected chi connectivity index (χ0v) is 25.8. The molecule has 3 aromatic carbocycles. The molecule has 234 valence electrons. The lowest BCUT2D eigenvalue weighted by Gasteiger charge is -2.35. The largest absolute Gasteiger partial charge is 0.497 e. The molecule has 1 saturated heterocycles. The predicted octanol–water partition coefficient (Wildman–Crippen LogP) is 6.43. The third kappa shape index (κ3) is 6.39. The van der Waals surface area contributed by atoms with Crippen molar-refractivity contribution in [2.45, 2.75) is 70.3 Å². The van der Waals surface area contributed by atoms with Gasteiger partial charge in [-0.05, 0) is 60.9 Å². The summed E-state index contributed by atoms with van der Waals surface area (Å²) in [7, 11) is 1.63. The second-order valence-corrected chi connectivity index (χ2v) is 11.4. The first kappa shape index (κ1) is 30.3. The number of aromatic nitrogens is 6. The Morgan fingerprint density at radius 1 is 0.911 bits per heavy atom. The van der Waals surface area contributed by atoms with Gasteiger partial charge in [0.15, 0.2) is 11.4 Å². The van der Waals surface area contributed by atoms with E-state index < -0.39 is 5.54 Å². The Morgan fingerprint density at radius 3 is 2.42 bits per heavy atom. The van der Waals surface area contributed by atoms with E-state index in [0.717, 1.165) is 31.4 Å². The molecular formula is C34H39N7O4. The predicted molar refractivity (Wildman–Crippen MR) is 170 cm³/mol. The average molecular weight is 610 g/mol. The van der Waals surface area contributed by atoms with Crippen molar-refractivity contribution in [3.63, 3.8) is 0 Å². The molecule has 6 rings (SSSR count). The van der Waals surface area contributed by atoms with Crippen molar-refractivity contribution in [2.24, 2.45) is 0 Å². The zero-order valence-electron chi connectivity index (χ0n) is 25.8. The van der Waals surface area contributed by atoms with Gasteiger partial charge in [0, 0.05) is 17.7 Å². The van der Waals surface area contributed by atoms with E-state index in [1.54, 1.807) is 11.8 Å². The van der Waals surface area contributed by atoms with Crippen LogP contribution in [0.3, 0.4) is 0 Å². The summed E-state index contributed by atoms with van der Waals surface area (Å²) in [6.07, 6.45) is 8.74. The molecule has 0 radical (unpaired) electrons. The van der Waals surface area contributed by atoms with Crippen LogP contribution in [0.15, 0.2) is 72.8 Å². The molecule has 3 heterocycles. The van der Waals surface area contributed by atoms with Crippen molar-refractivity contribution in [2.75, 3.05) is 13.7 Å². The number of H-pyrrole nitrogens is 1. The molecule has 11 nitrogen and oxygen atoms in total. The number of hydroxylamine groups is 2. The highest BCUT2D eigenvalue weighted by Gasteiger charge is 2.51. The molecule has 0 bridgehead atoms. The number of carbonyl (C=O) groups excluding carboxylic acids is 1. The minimum Gasteiger partial charge on any atom is -0.497 e. The van der Waals surface area contributed by atoms with Crippen molar-refractivity contribution in [1.82, 2.24) is 35.4 Å². The number of rotatable bonds is 14. The van der Waals surface area contributed by atoms with E-state index in [2.05, 4.69) is 27.5 Å². The molecule has 0 aliphatic carbocycles. The molecule has 11 heteroatoms. The van der Waals surface area contributed by atoms with Gasteiger partial charge in [-0.3, -0.25) is 0 Å². The van der Waals surface area contributed by atoms with Gasteiger partial charge in [-0.2, -0.15) is 9.94 Å². The average Bonchev–Trinajstić information content (AvgIpc) is 3.83. The highest BCUT2D eigenvalue weighted by Crippen LogP contribution is 2.38. The molecule has 1 N–H and O–H groups in total. The summed E-state index contributed by atoms with van der Waals surface area (Å²) in [6, 6.07) is 22.7. The minimum atomic E-state index is -0.972. The standard InChI is InChI=1S/C34H39N7O4/c1-3-4-5-6-7-12-22-34(23-13-24-40(34)44-26-20-18-25(43-2)19-21-26)33(42)45-41-30-17-11-10-16-29(30)35-32(41)28-15-9-8-14-27(28)31-36-38-39-37-31/h8-11,14-21H,3-7,12-13,22-24H2,1-2H3,(H,36,37,38,39)/t34-/m0/s1. The maximum absolute atomic E-state index is 14.6. The minimum absolute atomic E-state index is 0.372. The van der Waals surface area contributed by atoms with Gasteiger partial charge in [-0.1, -0.05) is 81.8 Å². The Morgan fingerprint density at radius 2 is 1.64 bits per heavy atom. The van der Waals surface area contributed by atoms with Crippen LogP contribution in [0, 0.1) is 0 Å². The van der Waals surface area contributed by atoms with Crippen LogP contribution in [-0.2, 0) is 4.79 Å². The number of unbranched alkanes of at least 4 members (excludes halogenated alkanes) is 5. The topological polar surface area (TPSA) is 120 Å². The second-order valence-electron chi connectivity index (χ2n) is 11.4. The third-order valence-electron chi connectivity index (χ3n) is 8.48. The van der Waals surface area contributed by atoms with Crippen molar-refractivity contribution in [3.05, 3.63) is 72.8 Å². The Bertz CT molecular complexity index is 1700. The SMILES string of the molecule is CCCCCCCC[C@@]1(C(=O)On2c(-c3ccccc3-c3nn[nH]n3)nc3ccccc32)CCCN1Oc1ccc(OC)cc1. The van der Waals surface area contributed by atoms with Crippen LogP contribution < -0.4 is 14.4 Å². The number of methoxy groups -OCH3 is 1. The fraction of sp³-hybridized carbons (Fsp3) is 0.382. The lowest BCUT2D eigenvalue weighted by molar-refractivity contribution is -0.181. The molecular weight excluding hydrogens is 570 g/mol. The fourth-order valence-corrected chi connectivity index (χ4v) is 6.09. The molecule has 1 fully saturated rings. The smallest absolute Gasteiger partial charge is 0.356 e. The number of carbonyl (C=O) groups is 1. The van der Waals surface area contributed by atoms with Crippen molar-refractivity contribution < 1.29 is 19.2 Å². The van der Waals surface area contributed by atoms with Crippen LogP contribution in [0.25, 0.3) is 33.8 Å². The third-order valence-corrected chi connectivity index (χ3v) is 8.48. The number of imidazole rings is 1. The first-order chi connectivity index (χ1) is 22.1. The summed E-state index contributed by atoms with van der Waals surface area (Å²) in [4.78, 5) is 32.3. The van der Waals surface area contributed by atoms with E-state index in [4.69, 9.17) is 19.4 Å². The summed E-state index contributed by atoms with van der Waals surface area (Å²) in [5.41, 5.74) is 1.84. The molecule has 45 heavy (non-hydrogen) atoms. The number of hydrogen-bond acceptors (Lipinski definition) is 9. The van der Waals surface area contributed by atoms with Gasteiger partial charge in [-0.15, -0.1) is 15.3 Å². The van der Waals surface area contributed by atoms with Crippen LogP contribution >= 0.6 is 0 Å². The molecule has 1 aliphatic rings. The summed E-state index contributed by atoms with van der Waals surface area (Å²) in [5, 5.41) is 16.5. The lowest BCUT2D eigenvalue weighted by Crippen LogP contribution is -2.55. The van der Waals surface area contributed by atoms with Gasteiger partial charge in [0.05, 0.1) is 12.6 Å². The highest BCUT2D eigenvalue weighted by atomic mass is 16.7. The summed E-state index contributed by atoms with van der Waals surface area (Å²) in [5.74, 6) is 1.90. The maximum atomic E-state index is 14.6. The molecule has 5 aromatic rings. The van der Waals surface area contributed by atoms with E-state index in [0.29, 0.717) is 58.9 Å². The number of fused-ring (bicyclic) bond motifs is 1. The molecule has 2 aromatic heterocycles. The molecule has 0 unspecified atom stereocenters. The normalized spacial score (nSPS) is 16.7. The number of nitrogens with one attached hydrogen (secondary N) is 1. The number of nitrogens with zero attached hydrogens (tertiary/aromatic N) is 6. The molecule has 0 amide bonds. The van der Waals surface area contributed by atoms with E-state index in [1.165, 1.54) is 19.3 Å². The fourth-order valence-electron chi connectivity index (χ4n) is 6.09. The quantitative estimate of drug-likeness (QED) is 0.142. The molecule has 1 aliphatic heterocycles. The Labute approximate surface area is 262 Å². The van der Waals surface area contributed by atoms with E-state index in [1.807, 2.05) is 77.9 Å². The molecule has 1 atom stereocenters. The Kier molecular flexibility index (Phi) is 9.35. The number of tetrazole rings is 1. The molecule has 0 spiro atoms. The number of para-hydroxylation sites is 2. The first-order valence-electron chi connectivity index (χ1n) is 15.8. The zero-order chi connectivity index (χ0) is 31.1. The number of aromatic amines is 1. The van der Waals surface area contributed by atoms with Crippen LogP contribution in [0.5, 0.6) is 11.5 Å². The number of benzene rings is 3. The highest BCUT2D eigenvalue weighted by molar-refractivity contribution is 5.87. The van der Waals surface area contributed by atoms with Crippen LogP contribution in [0.4, 0.5) is 0 Å². The second kappa shape index (κ2) is 13.9. The van der Waals surface area contributed by atoms with Gasteiger partial charge in [-0.25, -0.2) is 9.78 Å². The monoisotopic (exact) mass is 609 g/mol. The Hall–Kier alpha value is -4.77. The Balaban J connectivity index is 1.35. The van der Waals surface area contributed by atoms with E-state index in [9.17, 15) is 4.79 Å². The van der Waals surface area contributed by atoms with Gasteiger partial charge < -0.3 is 14.4 Å². The first-order valence-corrected chi connectivity index (χ1v) is 15.8. The summed E-state index contributed by atoms with van der Waals surface area (Å²) < 4.78 is 6.87. The van der Waals surface area contributed by atoms with E-state index in [-0.39, 0.29) is 5.97 Å². The van der Waals surface area contributed by atoms with Crippen LogP contribution in [0.2, 0.25) is 0 Å². The van der Waals surface area contributed by atoms with Gasteiger partial charge >= 0.3 is 5.97 Å². The maximum Gasteiger partial charge on any atom is 0.356 e. The van der Waals surface area contributed by atoms with Gasteiger partial charge in [0.2, 0.25) is 5.82 Å². The van der Waals surface area contributed by atoms with Crippen molar-refractivity contribution in [1.29, 1.82) is 0 Å². The van der Waals surface area contributed by atoms with Gasteiger partial charge in [0.1, 0.15) is 17.0 Å². The summed E-state index contributed by atoms with van der Waals surface area (Å²) in [6.45, 7) is 2.82. The number of hydrogen-bond donors (Lipinski definition) is 1. The van der Waals surface area contributed by atoms with Gasteiger partial charge in [0.25, 0.3) is 0 Å². The van der Waals surface area contributed by atoms with Crippen molar-refractivity contribution in [3.8, 4) is 34.3 Å². The van der Waals surface area contributed by atoms with E-state index >= 15 is 0 Å².